The number of hydrogen-bond acceptors (Lipinski definition) is 2. The lowest BCUT2D eigenvalue weighted by Crippen LogP contribution is -2.44. The van der Waals surface area contributed by atoms with E-state index in [9.17, 15) is 4.79 Å². The van der Waals surface area contributed by atoms with Gasteiger partial charge in [-0.3, -0.25) is 0 Å². The van der Waals surface area contributed by atoms with Crippen molar-refractivity contribution in [2.45, 2.75) is 45.6 Å². The SMILES string of the molecule is Cc1ccccc1C1CCCN1C(=O)NCCN1CCC(C)CC1. The van der Waals surface area contributed by atoms with Crippen molar-refractivity contribution in [3.8, 4) is 0 Å². The van der Waals surface area contributed by atoms with Gasteiger partial charge in [0, 0.05) is 19.6 Å². The van der Waals surface area contributed by atoms with Gasteiger partial charge in [-0.1, -0.05) is 31.2 Å². The minimum Gasteiger partial charge on any atom is -0.337 e. The molecule has 1 aromatic rings. The Kier molecular flexibility index (Phi) is 5.77. The number of carbonyl (C=O) groups excluding carboxylic acids is 1. The van der Waals surface area contributed by atoms with Crippen molar-refractivity contribution in [1.29, 1.82) is 0 Å². The molecule has 132 valence electrons. The largest absolute Gasteiger partial charge is 0.337 e. The number of nitrogens with zero attached hydrogens (tertiary/aromatic N) is 2. The molecule has 0 saturated carbocycles. The van der Waals surface area contributed by atoms with Crippen LogP contribution in [0.15, 0.2) is 24.3 Å². The summed E-state index contributed by atoms with van der Waals surface area (Å²) in [4.78, 5) is 17.1. The Morgan fingerprint density at radius 2 is 1.92 bits per heavy atom. The fraction of sp³-hybridized carbons (Fsp3) is 0.650. The van der Waals surface area contributed by atoms with Gasteiger partial charge in [0.2, 0.25) is 0 Å². The van der Waals surface area contributed by atoms with Gasteiger partial charge in [0.1, 0.15) is 0 Å². The molecule has 0 spiro atoms. The van der Waals surface area contributed by atoms with Crippen molar-refractivity contribution in [2.24, 2.45) is 5.92 Å². The fourth-order valence-corrected chi connectivity index (χ4v) is 4.00. The first-order valence-electron chi connectivity index (χ1n) is 9.47. The standard InChI is InChI=1S/C20H31N3O/c1-16-9-13-22(14-10-16)15-11-21-20(24)23-12-5-8-19(23)18-7-4-3-6-17(18)2/h3-4,6-7,16,19H,5,8-15H2,1-2H3,(H,21,24). The molecule has 2 fully saturated rings. The van der Waals surface area contributed by atoms with Crippen LogP contribution in [-0.4, -0.2) is 48.6 Å². The summed E-state index contributed by atoms with van der Waals surface area (Å²) >= 11 is 0. The number of aryl methyl sites for hydroxylation is 1. The molecular weight excluding hydrogens is 298 g/mol. The van der Waals surface area contributed by atoms with Crippen LogP contribution >= 0.6 is 0 Å². The lowest BCUT2D eigenvalue weighted by molar-refractivity contribution is 0.178. The smallest absolute Gasteiger partial charge is 0.317 e. The van der Waals surface area contributed by atoms with Gasteiger partial charge in [0.15, 0.2) is 0 Å². The molecule has 0 bridgehead atoms. The Balaban J connectivity index is 1.50. The number of likely N-dealkylation sites (tertiary alicyclic amines) is 2. The molecule has 2 saturated heterocycles. The Bertz CT molecular complexity index is 552. The minimum absolute atomic E-state index is 0.103. The van der Waals surface area contributed by atoms with Crippen LogP contribution in [-0.2, 0) is 0 Å². The summed E-state index contributed by atoms with van der Waals surface area (Å²) in [6.45, 7) is 9.41. The van der Waals surface area contributed by atoms with E-state index in [0.717, 1.165) is 38.4 Å². The van der Waals surface area contributed by atoms with E-state index in [1.165, 1.54) is 37.1 Å². The van der Waals surface area contributed by atoms with Gasteiger partial charge in [-0.2, -0.15) is 0 Å². The van der Waals surface area contributed by atoms with Gasteiger partial charge in [-0.15, -0.1) is 0 Å². The molecule has 4 heteroatoms. The molecule has 0 aromatic heterocycles. The number of piperidine rings is 1. The maximum absolute atomic E-state index is 12.6. The van der Waals surface area contributed by atoms with Crippen molar-refractivity contribution >= 4 is 6.03 Å². The van der Waals surface area contributed by atoms with Crippen LogP contribution in [0.5, 0.6) is 0 Å². The molecule has 2 aliphatic heterocycles. The summed E-state index contributed by atoms with van der Waals surface area (Å²) in [5.41, 5.74) is 2.58. The number of hydrogen-bond donors (Lipinski definition) is 1. The zero-order valence-electron chi connectivity index (χ0n) is 15.1. The van der Waals surface area contributed by atoms with E-state index < -0.39 is 0 Å². The van der Waals surface area contributed by atoms with Crippen LogP contribution in [0, 0.1) is 12.8 Å². The van der Waals surface area contributed by atoms with Gasteiger partial charge in [-0.05, 0) is 62.7 Å². The lowest BCUT2D eigenvalue weighted by Gasteiger charge is -2.31. The molecule has 2 amide bonds. The Hall–Kier alpha value is -1.55. The van der Waals surface area contributed by atoms with Crippen LogP contribution in [0.4, 0.5) is 4.79 Å². The second-order valence-corrected chi connectivity index (χ2v) is 7.46. The number of nitrogens with one attached hydrogen (secondary N) is 1. The highest BCUT2D eigenvalue weighted by Crippen LogP contribution is 2.33. The van der Waals surface area contributed by atoms with Gasteiger partial charge in [0.25, 0.3) is 0 Å². The number of amides is 2. The number of benzene rings is 1. The summed E-state index contributed by atoms with van der Waals surface area (Å²) in [7, 11) is 0. The molecule has 1 atom stereocenters. The predicted molar refractivity (Wildman–Crippen MR) is 98.1 cm³/mol. The molecule has 1 N–H and O–H groups in total. The summed E-state index contributed by atoms with van der Waals surface area (Å²) in [6, 6.07) is 8.79. The van der Waals surface area contributed by atoms with E-state index in [0.29, 0.717) is 0 Å². The van der Waals surface area contributed by atoms with E-state index in [-0.39, 0.29) is 12.1 Å². The second kappa shape index (κ2) is 8.02. The average Bonchev–Trinajstić information content (AvgIpc) is 3.06. The second-order valence-electron chi connectivity index (χ2n) is 7.46. The zero-order valence-corrected chi connectivity index (χ0v) is 15.1. The normalized spacial score (nSPS) is 22.8. The molecule has 2 aliphatic rings. The van der Waals surface area contributed by atoms with Crippen molar-refractivity contribution in [3.63, 3.8) is 0 Å². The van der Waals surface area contributed by atoms with Crippen molar-refractivity contribution in [1.82, 2.24) is 15.1 Å². The molecule has 4 nitrogen and oxygen atoms in total. The Labute approximate surface area is 146 Å². The molecule has 24 heavy (non-hydrogen) atoms. The quantitative estimate of drug-likeness (QED) is 0.916. The molecule has 1 unspecified atom stereocenters. The first-order chi connectivity index (χ1) is 11.6. The fourth-order valence-electron chi connectivity index (χ4n) is 4.00. The molecule has 2 heterocycles. The lowest BCUT2D eigenvalue weighted by atomic mass is 9.99. The number of carbonyl (C=O) groups is 1. The van der Waals surface area contributed by atoms with Gasteiger partial charge >= 0.3 is 6.03 Å². The van der Waals surface area contributed by atoms with Crippen LogP contribution in [0.25, 0.3) is 0 Å². The maximum Gasteiger partial charge on any atom is 0.317 e. The van der Waals surface area contributed by atoms with Crippen molar-refractivity contribution in [2.75, 3.05) is 32.7 Å². The van der Waals surface area contributed by atoms with Crippen molar-refractivity contribution < 1.29 is 4.79 Å². The van der Waals surface area contributed by atoms with Gasteiger partial charge < -0.3 is 15.1 Å². The first-order valence-corrected chi connectivity index (χ1v) is 9.47. The predicted octanol–water partition coefficient (Wildman–Crippen LogP) is 3.57. The van der Waals surface area contributed by atoms with Crippen molar-refractivity contribution in [3.05, 3.63) is 35.4 Å². The van der Waals surface area contributed by atoms with E-state index in [1.807, 2.05) is 4.90 Å². The van der Waals surface area contributed by atoms with Crippen LogP contribution in [0.2, 0.25) is 0 Å². The highest BCUT2D eigenvalue weighted by molar-refractivity contribution is 5.75. The third-order valence-corrected chi connectivity index (χ3v) is 5.64. The van der Waals surface area contributed by atoms with Gasteiger partial charge in [0.05, 0.1) is 6.04 Å². The topological polar surface area (TPSA) is 35.6 Å². The molecule has 0 aliphatic carbocycles. The molecule has 3 rings (SSSR count). The van der Waals surface area contributed by atoms with Crippen LogP contribution in [0.1, 0.15) is 49.8 Å². The first kappa shape index (κ1) is 17.3. The highest BCUT2D eigenvalue weighted by atomic mass is 16.2. The monoisotopic (exact) mass is 329 g/mol. The van der Waals surface area contributed by atoms with E-state index in [4.69, 9.17) is 0 Å². The van der Waals surface area contributed by atoms with Crippen LogP contribution in [0.3, 0.4) is 0 Å². The highest BCUT2D eigenvalue weighted by Gasteiger charge is 2.30. The van der Waals surface area contributed by atoms with E-state index in [1.54, 1.807) is 0 Å². The van der Waals surface area contributed by atoms with E-state index >= 15 is 0 Å². The summed E-state index contributed by atoms with van der Waals surface area (Å²) < 4.78 is 0. The number of rotatable bonds is 4. The maximum atomic E-state index is 12.6. The van der Waals surface area contributed by atoms with Crippen LogP contribution < -0.4 is 5.32 Å². The molecule has 1 aromatic carbocycles. The third kappa shape index (κ3) is 4.10. The number of urea groups is 1. The average molecular weight is 329 g/mol. The Morgan fingerprint density at radius 3 is 2.67 bits per heavy atom. The summed E-state index contributed by atoms with van der Waals surface area (Å²) in [5, 5.41) is 3.15. The minimum atomic E-state index is 0.103. The van der Waals surface area contributed by atoms with E-state index in [2.05, 4.69) is 48.3 Å². The Morgan fingerprint density at radius 1 is 1.17 bits per heavy atom. The zero-order chi connectivity index (χ0) is 16.9. The summed E-state index contributed by atoms with van der Waals surface area (Å²) in [5.74, 6) is 0.857. The molecule has 0 radical (unpaired) electrons. The summed E-state index contributed by atoms with van der Waals surface area (Å²) in [6.07, 6.45) is 4.74. The molecular formula is C20H31N3O. The van der Waals surface area contributed by atoms with Gasteiger partial charge in [-0.25, -0.2) is 4.79 Å². The third-order valence-electron chi connectivity index (χ3n) is 5.64.